The summed E-state index contributed by atoms with van der Waals surface area (Å²) in [6, 6.07) is 15.2. The second-order valence-corrected chi connectivity index (χ2v) is 9.60. The van der Waals surface area contributed by atoms with E-state index in [1.54, 1.807) is 12.0 Å². The van der Waals surface area contributed by atoms with Gasteiger partial charge in [0.05, 0.1) is 13.7 Å². The van der Waals surface area contributed by atoms with Gasteiger partial charge in [0.1, 0.15) is 12.6 Å². The summed E-state index contributed by atoms with van der Waals surface area (Å²) in [6.45, 7) is 3.31. The summed E-state index contributed by atoms with van der Waals surface area (Å²) < 4.78 is 11.4. The molecule has 1 saturated carbocycles. The fourth-order valence-electron chi connectivity index (χ4n) is 5.28. The summed E-state index contributed by atoms with van der Waals surface area (Å²) in [5.41, 5.74) is 1.93. The maximum atomic E-state index is 14.0. The number of carbonyl (C=O) groups is 2. The molecule has 0 unspecified atom stereocenters. The molecule has 6 heteroatoms. The number of amides is 2. The van der Waals surface area contributed by atoms with Crippen LogP contribution in [0.25, 0.3) is 0 Å². The van der Waals surface area contributed by atoms with Crippen molar-refractivity contribution in [2.45, 2.75) is 70.4 Å². The van der Waals surface area contributed by atoms with Crippen LogP contribution in [0.1, 0.15) is 69.0 Å². The highest BCUT2D eigenvalue weighted by Crippen LogP contribution is 2.36. The largest absolute Gasteiger partial charge is 0.493 e. The first kappa shape index (κ1) is 25.1. The summed E-state index contributed by atoms with van der Waals surface area (Å²) in [5, 5.41) is 0. The van der Waals surface area contributed by atoms with Crippen LogP contribution < -0.4 is 9.47 Å². The molecule has 2 aromatic rings. The van der Waals surface area contributed by atoms with Gasteiger partial charge in [-0.25, -0.2) is 0 Å². The third-order valence-electron chi connectivity index (χ3n) is 7.17. The van der Waals surface area contributed by atoms with E-state index in [-0.39, 0.29) is 24.4 Å². The van der Waals surface area contributed by atoms with Crippen molar-refractivity contribution in [2.75, 3.05) is 26.8 Å². The van der Waals surface area contributed by atoms with Gasteiger partial charge in [0.2, 0.25) is 5.91 Å². The zero-order chi connectivity index (χ0) is 24.6. The first-order chi connectivity index (χ1) is 17.1. The number of carbonyl (C=O) groups excluding carboxylic acids is 2. The van der Waals surface area contributed by atoms with Crippen LogP contribution in [-0.2, 0) is 16.0 Å². The normalized spacial score (nSPS) is 19.5. The molecule has 0 spiro atoms. The van der Waals surface area contributed by atoms with Gasteiger partial charge < -0.3 is 19.3 Å². The van der Waals surface area contributed by atoms with Crippen LogP contribution >= 0.6 is 0 Å². The Morgan fingerprint density at radius 1 is 0.943 bits per heavy atom. The quantitative estimate of drug-likeness (QED) is 0.467. The van der Waals surface area contributed by atoms with Gasteiger partial charge in [0.15, 0.2) is 11.5 Å². The molecule has 2 fully saturated rings. The molecular weight excluding hydrogens is 440 g/mol. The number of benzene rings is 2. The predicted molar refractivity (Wildman–Crippen MR) is 137 cm³/mol. The van der Waals surface area contributed by atoms with Crippen molar-refractivity contribution in [3.05, 3.63) is 59.7 Å². The van der Waals surface area contributed by atoms with Gasteiger partial charge >= 0.3 is 0 Å². The standard InChI is InChI=1S/C29H38N2O4/c1-3-19-35-25-16-15-23(20-26(25)34-2)28-29(33)31(24-13-9-4-5-10-14-24)21-27(32)30(28)18-17-22-11-7-6-8-12-22/h6-8,11-12,15-16,20,24,28H,3-5,9-10,13-14,17-19,21H2,1-2H3/t28-/m0/s1. The van der Waals surface area contributed by atoms with Crippen LogP contribution in [0.4, 0.5) is 0 Å². The average molecular weight is 479 g/mol. The van der Waals surface area contributed by atoms with Gasteiger partial charge in [-0.1, -0.05) is 69.0 Å². The van der Waals surface area contributed by atoms with Crippen molar-refractivity contribution < 1.29 is 19.1 Å². The third kappa shape index (κ3) is 5.98. The van der Waals surface area contributed by atoms with E-state index in [9.17, 15) is 9.59 Å². The van der Waals surface area contributed by atoms with E-state index in [1.165, 1.54) is 12.8 Å². The number of hydrogen-bond donors (Lipinski definition) is 0. The fourth-order valence-corrected chi connectivity index (χ4v) is 5.28. The molecule has 1 aliphatic carbocycles. The van der Waals surface area contributed by atoms with Crippen LogP contribution in [0.2, 0.25) is 0 Å². The average Bonchev–Trinajstić information content (AvgIpc) is 3.18. The Kier molecular flexibility index (Phi) is 8.67. The number of hydrogen-bond acceptors (Lipinski definition) is 4. The highest BCUT2D eigenvalue weighted by molar-refractivity contribution is 5.96. The Balaban J connectivity index is 1.65. The molecule has 1 atom stereocenters. The van der Waals surface area contributed by atoms with Crippen molar-refractivity contribution in [2.24, 2.45) is 0 Å². The monoisotopic (exact) mass is 478 g/mol. The minimum Gasteiger partial charge on any atom is -0.493 e. The van der Waals surface area contributed by atoms with E-state index in [4.69, 9.17) is 9.47 Å². The third-order valence-corrected chi connectivity index (χ3v) is 7.17. The van der Waals surface area contributed by atoms with E-state index in [2.05, 4.69) is 19.1 Å². The molecule has 0 N–H and O–H groups in total. The van der Waals surface area contributed by atoms with Gasteiger partial charge in [-0.2, -0.15) is 0 Å². The highest BCUT2D eigenvalue weighted by Gasteiger charge is 2.42. The minimum absolute atomic E-state index is 0.0139. The minimum atomic E-state index is -0.655. The van der Waals surface area contributed by atoms with Crippen LogP contribution in [0.5, 0.6) is 11.5 Å². The number of methoxy groups -OCH3 is 1. The molecular formula is C29H38N2O4. The lowest BCUT2D eigenvalue weighted by molar-refractivity contribution is -0.158. The van der Waals surface area contributed by atoms with E-state index < -0.39 is 6.04 Å². The first-order valence-corrected chi connectivity index (χ1v) is 13.1. The van der Waals surface area contributed by atoms with Crippen molar-refractivity contribution in [3.8, 4) is 11.5 Å². The van der Waals surface area contributed by atoms with E-state index in [0.29, 0.717) is 31.1 Å². The van der Waals surface area contributed by atoms with Gasteiger partial charge in [0, 0.05) is 12.6 Å². The summed E-state index contributed by atoms with van der Waals surface area (Å²) in [6.07, 6.45) is 8.18. The van der Waals surface area contributed by atoms with E-state index in [1.807, 2.05) is 41.3 Å². The molecule has 188 valence electrons. The van der Waals surface area contributed by atoms with Crippen molar-refractivity contribution in [1.82, 2.24) is 9.80 Å². The zero-order valence-electron chi connectivity index (χ0n) is 21.1. The summed E-state index contributed by atoms with van der Waals surface area (Å²) >= 11 is 0. The summed E-state index contributed by atoms with van der Waals surface area (Å²) in [7, 11) is 1.61. The van der Waals surface area contributed by atoms with Gasteiger partial charge in [-0.3, -0.25) is 9.59 Å². The molecule has 35 heavy (non-hydrogen) atoms. The number of rotatable bonds is 9. The highest BCUT2D eigenvalue weighted by atomic mass is 16.5. The molecule has 0 radical (unpaired) electrons. The molecule has 0 aromatic heterocycles. The number of nitrogens with zero attached hydrogens (tertiary/aromatic N) is 2. The summed E-state index contributed by atoms with van der Waals surface area (Å²) in [5.74, 6) is 1.28. The van der Waals surface area contributed by atoms with Gasteiger partial charge in [-0.05, 0) is 48.9 Å². The molecule has 2 aliphatic rings. The maximum absolute atomic E-state index is 14.0. The lowest BCUT2D eigenvalue weighted by Gasteiger charge is -2.43. The molecule has 0 bridgehead atoms. The van der Waals surface area contributed by atoms with E-state index in [0.717, 1.165) is 43.2 Å². The molecule has 1 heterocycles. The molecule has 2 aromatic carbocycles. The molecule has 6 nitrogen and oxygen atoms in total. The Bertz CT molecular complexity index is 985. The second kappa shape index (κ2) is 12.1. The second-order valence-electron chi connectivity index (χ2n) is 9.60. The van der Waals surface area contributed by atoms with Crippen LogP contribution in [-0.4, -0.2) is 54.5 Å². The van der Waals surface area contributed by atoms with Crippen LogP contribution in [0.3, 0.4) is 0 Å². The van der Waals surface area contributed by atoms with E-state index >= 15 is 0 Å². The Morgan fingerprint density at radius 3 is 2.37 bits per heavy atom. The lowest BCUT2D eigenvalue weighted by Crippen LogP contribution is -2.58. The van der Waals surface area contributed by atoms with Gasteiger partial charge in [-0.15, -0.1) is 0 Å². The Labute approximate surface area is 209 Å². The Hall–Kier alpha value is -3.02. The predicted octanol–water partition coefficient (Wildman–Crippen LogP) is 5.16. The molecule has 1 saturated heterocycles. The van der Waals surface area contributed by atoms with Crippen molar-refractivity contribution in [3.63, 3.8) is 0 Å². The molecule has 1 aliphatic heterocycles. The van der Waals surface area contributed by atoms with Crippen LogP contribution in [0, 0.1) is 0 Å². The first-order valence-electron chi connectivity index (χ1n) is 13.1. The lowest BCUT2D eigenvalue weighted by atomic mass is 9.96. The fraction of sp³-hybridized carbons (Fsp3) is 0.517. The molecule has 4 rings (SSSR count). The van der Waals surface area contributed by atoms with Crippen LogP contribution in [0.15, 0.2) is 48.5 Å². The zero-order valence-corrected chi connectivity index (χ0v) is 21.1. The van der Waals surface area contributed by atoms with Crippen molar-refractivity contribution in [1.29, 1.82) is 0 Å². The SMILES string of the molecule is CCCOc1ccc([C@H]2C(=O)N(C3CCCCCC3)CC(=O)N2CCc2ccccc2)cc1OC. The number of ether oxygens (including phenoxy) is 2. The van der Waals surface area contributed by atoms with Gasteiger partial charge in [0.25, 0.3) is 5.91 Å². The Morgan fingerprint density at radius 2 is 1.69 bits per heavy atom. The maximum Gasteiger partial charge on any atom is 0.250 e. The summed E-state index contributed by atoms with van der Waals surface area (Å²) in [4.78, 5) is 31.2. The van der Waals surface area contributed by atoms with Crippen molar-refractivity contribution >= 4 is 11.8 Å². The topological polar surface area (TPSA) is 59.1 Å². The number of piperazine rings is 1. The molecule has 2 amide bonds. The smallest absolute Gasteiger partial charge is 0.250 e.